The average molecular weight is 310 g/mol. The van der Waals surface area contributed by atoms with Crippen LogP contribution in [0.3, 0.4) is 0 Å². The third-order valence-corrected chi connectivity index (χ3v) is 4.53. The van der Waals surface area contributed by atoms with Crippen molar-refractivity contribution in [3.8, 4) is 0 Å². The molecule has 0 amide bonds. The highest BCUT2D eigenvalue weighted by Crippen LogP contribution is 2.35. The molecule has 0 fully saturated rings. The van der Waals surface area contributed by atoms with Crippen LogP contribution in [0, 0.1) is 11.6 Å². The second-order valence-corrected chi connectivity index (χ2v) is 5.77. The molecule has 0 saturated heterocycles. The van der Waals surface area contributed by atoms with E-state index in [-0.39, 0.29) is 5.02 Å². The zero-order valence-corrected chi connectivity index (χ0v) is 11.8. The second kappa shape index (κ2) is 5.13. The van der Waals surface area contributed by atoms with Gasteiger partial charge in [-0.15, -0.1) is 11.3 Å². The Balaban J connectivity index is 2.13. The van der Waals surface area contributed by atoms with Crippen molar-refractivity contribution in [1.82, 2.24) is 0 Å². The van der Waals surface area contributed by atoms with Gasteiger partial charge in [-0.3, -0.25) is 0 Å². The fourth-order valence-corrected chi connectivity index (χ4v) is 3.45. The summed E-state index contributed by atoms with van der Waals surface area (Å²) < 4.78 is 27.6. The van der Waals surface area contributed by atoms with E-state index in [4.69, 9.17) is 17.3 Å². The van der Waals surface area contributed by atoms with E-state index in [0.29, 0.717) is 5.56 Å². The van der Waals surface area contributed by atoms with Crippen LogP contribution in [0.2, 0.25) is 5.02 Å². The first kappa shape index (κ1) is 13.5. The largest absolute Gasteiger partial charge is 0.320 e. The van der Waals surface area contributed by atoms with Gasteiger partial charge >= 0.3 is 0 Å². The van der Waals surface area contributed by atoms with Gasteiger partial charge in [0.2, 0.25) is 0 Å². The number of hydrogen-bond acceptors (Lipinski definition) is 2. The van der Waals surface area contributed by atoms with Crippen LogP contribution in [-0.4, -0.2) is 0 Å². The third kappa shape index (κ3) is 2.20. The van der Waals surface area contributed by atoms with Gasteiger partial charge in [0.1, 0.15) is 0 Å². The topological polar surface area (TPSA) is 26.0 Å². The fourth-order valence-electron chi connectivity index (χ4n) is 2.18. The fraction of sp³-hybridized carbons (Fsp3) is 0.0667. The van der Waals surface area contributed by atoms with Crippen molar-refractivity contribution in [3.63, 3.8) is 0 Å². The lowest BCUT2D eigenvalue weighted by Gasteiger charge is -2.14. The molecule has 2 N–H and O–H groups in total. The summed E-state index contributed by atoms with van der Waals surface area (Å²) in [5, 5.41) is 3.06. The molecule has 0 aliphatic carbocycles. The van der Waals surface area contributed by atoms with Crippen LogP contribution in [0.4, 0.5) is 8.78 Å². The minimum atomic E-state index is -0.971. The Labute approximate surface area is 123 Å². The van der Waals surface area contributed by atoms with Crippen molar-refractivity contribution < 1.29 is 8.78 Å². The van der Waals surface area contributed by atoms with Gasteiger partial charge in [0.05, 0.1) is 6.04 Å². The van der Waals surface area contributed by atoms with Gasteiger partial charge in [-0.05, 0) is 40.1 Å². The first-order valence-electron chi connectivity index (χ1n) is 5.94. The molecular weight excluding hydrogens is 300 g/mol. The zero-order chi connectivity index (χ0) is 14.3. The average Bonchev–Trinajstić information content (AvgIpc) is 2.86. The molecule has 0 spiro atoms. The number of rotatable bonds is 2. The van der Waals surface area contributed by atoms with Gasteiger partial charge < -0.3 is 5.73 Å². The van der Waals surface area contributed by atoms with E-state index in [2.05, 4.69) is 0 Å². The second-order valence-electron chi connectivity index (χ2n) is 4.45. The van der Waals surface area contributed by atoms with Crippen molar-refractivity contribution in [3.05, 3.63) is 69.6 Å². The van der Waals surface area contributed by atoms with Crippen LogP contribution in [0.5, 0.6) is 0 Å². The molecule has 0 saturated carbocycles. The minimum Gasteiger partial charge on any atom is -0.320 e. The molecular formula is C15H10ClF2NS. The monoisotopic (exact) mass is 309 g/mol. The predicted octanol–water partition coefficient (Wildman–Crippen LogP) is 4.88. The first-order chi connectivity index (χ1) is 9.58. The van der Waals surface area contributed by atoms with E-state index >= 15 is 0 Å². The molecule has 0 aliphatic heterocycles. The van der Waals surface area contributed by atoms with Gasteiger partial charge in [-0.25, -0.2) is 8.78 Å². The van der Waals surface area contributed by atoms with Crippen molar-refractivity contribution in [1.29, 1.82) is 0 Å². The van der Waals surface area contributed by atoms with E-state index < -0.39 is 17.7 Å². The van der Waals surface area contributed by atoms with Gasteiger partial charge in [-0.2, -0.15) is 0 Å². The molecule has 1 aromatic heterocycles. The third-order valence-electron chi connectivity index (χ3n) is 3.22. The van der Waals surface area contributed by atoms with E-state index in [1.165, 1.54) is 0 Å². The van der Waals surface area contributed by atoms with E-state index in [0.717, 1.165) is 27.8 Å². The smallest absolute Gasteiger partial charge is 0.160 e. The predicted molar refractivity (Wildman–Crippen MR) is 79.2 cm³/mol. The molecule has 0 aliphatic rings. The highest BCUT2D eigenvalue weighted by Gasteiger charge is 2.18. The maximum atomic E-state index is 13.4. The molecule has 2 aromatic carbocycles. The standard InChI is InChI=1S/C15H10ClF2NS/c16-11-6-13(18)12(17)5-9(11)15(19)10-7-20-14-4-2-1-3-8(10)14/h1-7,15H,19H2. The zero-order valence-electron chi connectivity index (χ0n) is 10.2. The van der Waals surface area contributed by atoms with Crippen LogP contribution in [0.25, 0.3) is 10.1 Å². The number of nitrogens with two attached hydrogens (primary N) is 1. The first-order valence-corrected chi connectivity index (χ1v) is 7.20. The summed E-state index contributed by atoms with van der Waals surface area (Å²) in [4.78, 5) is 0. The van der Waals surface area contributed by atoms with Crippen LogP contribution in [-0.2, 0) is 0 Å². The summed E-state index contributed by atoms with van der Waals surface area (Å²) in [6.45, 7) is 0. The Hall–Kier alpha value is -1.49. The van der Waals surface area contributed by atoms with E-state index in [1.807, 2.05) is 29.6 Å². The lowest BCUT2D eigenvalue weighted by molar-refractivity contribution is 0.506. The Morgan fingerprint density at radius 3 is 2.55 bits per heavy atom. The molecule has 102 valence electrons. The lowest BCUT2D eigenvalue weighted by Crippen LogP contribution is -2.12. The van der Waals surface area contributed by atoms with Gasteiger partial charge in [-0.1, -0.05) is 29.8 Å². The number of hydrogen-bond donors (Lipinski definition) is 1. The van der Waals surface area contributed by atoms with Crippen LogP contribution >= 0.6 is 22.9 Å². The number of fused-ring (bicyclic) bond motifs is 1. The van der Waals surface area contributed by atoms with Gasteiger partial charge in [0.25, 0.3) is 0 Å². The van der Waals surface area contributed by atoms with E-state index in [9.17, 15) is 8.78 Å². The summed E-state index contributed by atoms with van der Waals surface area (Å²) in [7, 11) is 0. The molecule has 1 atom stereocenters. The molecule has 1 unspecified atom stereocenters. The maximum Gasteiger partial charge on any atom is 0.160 e. The molecule has 3 aromatic rings. The Morgan fingerprint density at radius 1 is 1.05 bits per heavy atom. The van der Waals surface area contributed by atoms with Crippen molar-refractivity contribution in [2.75, 3.05) is 0 Å². The summed E-state index contributed by atoms with van der Waals surface area (Å²) in [6, 6.07) is 9.23. The maximum absolute atomic E-state index is 13.4. The molecule has 0 bridgehead atoms. The minimum absolute atomic E-state index is 0.131. The molecule has 5 heteroatoms. The molecule has 0 radical (unpaired) electrons. The molecule has 3 rings (SSSR count). The SMILES string of the molecule is NC(c1cc(F)c(F)cc1Cl)c1csc2ccccc12. The Bertz CT molecular complexity index is 785. The number of thiophene rings is 1. The summed E-state index contributed by atoms with van der Waals surface area (Å²) >= 11 is 7.54. The summed E-state index contributed by atoms with van der Waals surface area (Å²) in [5.74, 6) is -1.92. The van der Waals surface area contributed by atoms with Gasteiger partial charge in [0.15, 0.2) is 11.6 Å². The highest BCUT2D eigenvalue weighted by atomic mass is 35.5. The molecule has 1 heterocycles. The summed E-state index contributed by atoms with van der Waals surface area (Å²) in [6.07, 6.45) is 0. The summed E-state index contributed by atoms with van der Waals surface area (Å²) in [5.41, 5.74) is 7.42. The normalized spacial score (nSPS) is 12.8. The number of benzene rings is 2. The quantitative estimate of drug-likeness (QED) is 0.671. The van der Waals surface area contributed by atoms with E-state index in [1.54, 1.807) is 11.3 Å². The van der Waals surface area contributed by atoms with Crippen LogP contribution < -0.4 is 5.73 Å². The molecule has 1 nitrogen and oxygen atoms in total. The Kier molecular flexibility index (Phi) is 3.46. The Morgan fingerprint density at radius 2 is 1.75 bits per heavy atom. The lowest BCUT2D eigenvalue weighted by atomic mass is 9.99. The van der Waals surface area contributed by atoms with Gasteiger partial charge in [0, 0.05) is 9.72 Å². The number of halogens is 3. The molecule has 20 heavy (non-hydrogen) atoms. The van der Waals surface area contributed by atoms with Crippen molar-refractivity contribution in [2.24, 2.45) is 5.73 Å². The van der Waals surface area contributed by atoms with Crippen LogP contribution in [0.1, 0.15) is 17.2 Å². The van der Waals surface area contributed by atoms with Crippen molar-refractivity contribution >= 4 is 33.0 Å². The van der Waals surface area contributed by atoms with Crippen LogP contribution in [0.15, 0.2) is 41.8 Å². The van der Waals surface area contributed by atoms with Crippen molar-refractivity contribution in [2.45, 2.75) is 6.04 Å². The highest BCUT2D eigenvalue weighted by molar-refractivity contribution is 7.17.